The monoisotopic (exact) mass is 370 g/mol. The van der Waals surface area contributed by atoms with Gasteiger partial charge in [0.2, 0.25) is 0 Å². The van der Waals surface area contributed by atoms with E-state index in [0.717, 1.165) is 35.3 Å². The topological polar surface area (TPSA) is 52.6 Å². The van der Waals surface area contributed by atoms with E-state index in [1.807, 2.05) is 18.2 Å². The van der Waals surface area contributed by atoms with Gasteiger partial charge in [0.15, 0.2) is 0 Å². The number of esters is 1. The Labute approximate surface area is 161 Å². The summed E-state index contributed by atoms with van der Waals surface area (Å²) in [6.45, 7) is 2.52. The van der Waals surface area contributed by atoms with Crippen molar-refractivity contribution < 1.29 is 19.1 Å². The van der Waals surface area contributed by atoms with E-state index in [1.165, 1.54) is 39.0 Å². The van der Waals surface area contributed by atoms with E-state index in [-0.39, 0.29) is 12.6 Å². The van der Waals surface area contributed by atoms with Crippen molar-refractivity contribution in [3.8, 4) is 0 Å². The highest BCUT2D eigenvalue weighted by Gasteiger charge is 2.57. The molecule has 4 bridgehead atoms. The summed E-state index contributed by atoms with van der Waals surface area (Å²) in [7, 11) is 0. The average molecular weight is 370 g/mol. The van der Waals surface area contributed by atoms with Gasteiger partial charge in [0.1, 0.15) is 12.4 Å². The summed E-state index contributed by atoms with van der Waals surface area (Å²) >= 11 is 0. The van der Waals surface area contributed by atoms with E-state index in [2.05, 4.69) is 6.07 Å². The SMILES string of the molecule is CC(=O)OCCOCc1cccc(CC(=O)CC23CC4CC(CC2C4)C3)c1. The molecule has 0 aromatic heterocycles. The lowest BCUT2D eigenvalue weighted by Crippen LogP contribution is -2.26. The summed E-state index contributed by atoms with van der Waals surface area (Å²) in [6.07, 6.45) is 8.10. The molecule has 4 nitrogen and oxygen atoms in total. The predicted molar refractivity (Wildman–Crippen MR) is 102 cm³/mol. The van der Waals surface area contributed by atoms with Gasteiger partial charge in [0.05, 0.1) is 13.2 Å². The van der Waals surface area contributed by atoms with Crippen LogP contribution >= 0.6 is 0 Å². The summed E-state index contributed by atoms with van der Waals surface area (Å²) in [5.41, 5.74) is 2.49. The zero-order valence-electron chi connectivity index (χ0n) is 16.2. The number of benzene rings is 1. The molecule has 0 radical (unpaired) electrons. The standard InChI is InChI=1S/C23H30O4/c1-16(24)27-6-5-26-15-18-4-2-3-17(7-18)11-22(25)14-23-12-19-8-20(13-23)10-21(23)9-19/h2-4,7,19-21H,5-6,8-15H2,1H3. The van der Waals surface area contributed by atoms with Crippen LogP contribution in [0.4, 0.5) is 0 Å². The Kier molecular flexibility index (Phi) is 5.36. The maximum atomic E-state index is 12.8. The molecule has 0 aliphatic heterocycles. The van der Waals surface area contributed by atoms with Gasteiger partial charge in [-0.05, 0) is 66.4 Å². The molecule has 4 heteroatoms. The quantitative estimate of drug-likeness (QED) is 0.485. The van der Waals surface area contributed by atoms with Crippen LogP contribution in [0.2, 0.25) is 0 Å². The molecule has 2 unspecified atom stereocenters. The van der Waals surface area contributed by atoms with Crippen LogP contribution in [-0.4, -0.2) is 25.0 Å². The first-order valence-corrected chi connectivity index (χ1v) is 10.3. The minimum absolute atomic E-state index is 0.277. The van der Waals surface area contributed by atoms with E-state index < -0.39 is 0 Å². The second kappa shape index (κ2) is 7.75. The molecular formula is C23H30O4. The van der Waals surface area contributed by atoms with Crippen LogP contribution in [0.15, 0.2) is 24.3 Å². The molecule has 27 heavy (non-hydrogen) atoms. The molecule has 0 heterocycles. The van der Waals surface area contributed by atoms with Gasteiger partial charge >= 0.3 is 5.97 Å². The highest BCUT2D eigenvalue weighted by Crippen LogP contribution is 2.66. The third-order valence-corrected chi connectivity index (χ3v) is 6.90. The number of carbonyl (C=O) groups is 2. The van der Waals surface area contributed by atoms with E-state index in [4.69, 9.17) is 9.47 Å². The molecule has 2 atom stereocenters. The van der Waals surface area contributed by atoms with Crippen molar-refractivity contribution in [3.63, 3.8) is 0 Å². The van der Waals surface area contributed by atoms with Gasteiger partial charge in [-0.3, -0.25) is 9.59 Å². The van der Waals surface area contributed by atoms with Gasteiger partial charge < -0.3 is 9.47 Å². The molecule has 4 aliphatic rings. The zero-order valence-corrected chi connectivity index (χ0v) is 16.2. The lowest BCUT2D eigenvalue weighted by Gasteiger charge is -2.32. The molecule has 0 N–H and O–H groups in total. The first kappa shape index (κ1) is 18.7. The largest absolute Gasteiger partial charge is 0.463 e. The molecule has 1 aromatic rings. The molecule has 4 saturated carbocycles. The zero-order chi connectivity index (χ0) is 18.9. The summed E-state index contributed by atoms with van der Waals surface area (Å²) < 4.78 is 10.4. The van der Waals surface area contributed by atoms with Crippen LogP contribution in [0.3, 0.4) is 0 Å². The highest BCUT2D eigenvalue weighted by molar-refractivity contribution is 5.81. The summed E-state index contributed by atoms with van der Waals surface area (Å²) in [4.78, 5) is 23.5. The highest BCUT2D eigenvalue weighted by atomic mass is 16.6. The summed E-state index contributed by atoms with van der Waals surface area (Å²) in [5, 5.41) is 0. The van der Waals surface area contributed by atoms with Crippen LogP contribution in [0, 0.1) is 23.2 Å². The van der Waals surface area contributed by atoms with Gasteiger partial charge in [-0.15, -0.1) is 0 Å². The Hall–Kier alpha value is -1.68. The number of ether oxygens (including phenoxy) is 2. The second-order valence-corrected chi connectivity index (χ2v) is 9.01. The normalized spacial score (nSPS) is 30.6. The van der Waals surface area contributed by atoms with E-state index >= 15 is 0 Å². The lowest BCUT2D eigenvalue weighted by atomic mass is 9.72. The molecule has 4 aliphatic carbocycles. The fourth-order valence-corrected chi connectivity index (χ4v) is 6.20. The molecule has 0 spiro atoms. The van der Waals surface area contributed by atoms with E-state index in [1.54, 1.807) is 0 Å². The Balaban J connectivity index is 1.27. The van der Waals surface area contributed by atoms with Crippen LogP contribution < -0.4 is 0 Å². The Bertz CT molecular complexity index is 696. The number of ketones is 1. The maximum Gasteiger partial charge on any atom is 0.302 e. The average Bonchev–Trinajstić information content (AvgIpc) is 2.97. The third-order valence-electron chi connectivity index (χ3n) is 6.90. The van der Waals surface area contributed by atoms with Crippen molar-refractivity contribution >= 4 is 11.8 Å². The van der Waals surface area contributed by atoms with E-state index in [9.17, 15) is 9.59 Å². The minimum Gasteiger partial charge on any atom is -0.463 e. The van der Waals surface area contributed by atoms with Gasteiger partial charge in [-0.25, -0.2) is 0 Å². The Morgan fingerprint density at radius 3 is 2.56 bits per heavy atom. The number of carbonyl (C=O) groups excluding carboxylic acids is 2. The van der Waals surface area contributed by atoms with Crippen LogP contribution in [0.5, 0.6) is 0 Å². The third kappa shape index (κ3) is 4.26. The molecule has 1 aromatic carbocycles. The molecule has 5 rings (SSSR count). The van der Waals surface area contributed by atoms with Crippen molar-refractivity contribution in [1.82, 2.24) is 0 Å². The minimum atomic E-state index is -0.289. The van der Waals surface area contributed by atoms with Gasteiger partial charge in [-0.2, -0.15) is 0 Å². The summed E-state index contributed by atoms with van der Waals surface area (Å²) in [5.74, 6) is 2.74. The van der Waals surface area contributed by atoms with E-state index in [0.29, 0.717) is 30.8 Å². The fourth-order valence-electron chi connectivity index (χ4n) is 6.20. The van der Waals surface area contributed by atoms with Gasteiger partial charge in [-0.1, -0.05) is 24.3 Å². The van der Waals surface area contributed by atoms with Gasteiger partial charge in [0.25, 0.3) is 0 Å². The maximum absolute atomic E-state index is 12.8. The van der Waals surface area contributed by atoms with Gasteiger partial charge in [0, 0.05) is 19.8 Å². The smallest absolute Gasteiger partial charge is 0.302 e. The first-order valence-electron chi connectivity index (χ1n) is 10.3. The van der Waals surface area contributed by atoms with Crippen molar-refractivity contribution in [2.45, 2.75) is 58.5 Å². The second-order valence-electron chi connectivity index (χ2n) is 9.01. The molecule has 146 valence electrons. The lowest BCUT2D eigenvalue weighted by molar-refractivity contribution is -0.142. The molecule has 0 amide bonds. The predicted octanol–water partition coefficient (Wildman–Crippen LogP) is 4.09. The molecular weight excluding hydrogens is 340 g/mol. The number of hydrogen-bond acceptors (Lipinski definition) is 4. The van der Waals surface area contributed by atoms with Crippen molar-refractivity contribution in [3.05, 3.63) is 35.4 Å². The number of rotatable bonds is 9. The Morgan fingerprint density at radius 2 is 1.81 bits per heavy atom. The van der Waals surface area contributed by atoms with Crippen LogP contribution in [0.1, 0.15) is 56.6 Å². The van der Waals surface area contributed by atoms with Crippen molar-refractivity contribution in [2.24, 2.45) is 23.2 Å². The van der Waals surface area contributed by atoms with Crippen LogP contribution in [-0.2, 0) is 32.1 Å². The summed E-state index contributed by atoms with van der Waals surface area (Å²) in [6, 6.07) is 8.11. The van der Waals surface area contributed by atoms with Crippen molar-refractivity contribution in [1.29, 1.82) is 0 Å². The molecule has 0 saturated heterocycles. The fraction of sp³-hybridized carbons (Fsp3) is 0.652. The van der Waals surface area contributed by atoms with Crippen LogP contribution in [0.25, 0.3) is 0 Å². The van der Waals surface area contributed by atoms with Crippen molar-refractivity contribution in [2.75, 3.05) is 13.2 Å². The molecule has 4 fully saturated rings. The number of hydrogen-bond donors (Lipinski definition) is 0. The first-order chi connectivity index (χ1) is 13.0. The number of Topliss-reactive ketones (excluding diaryl/α,β-unsaturated/α-hetero) is 1. The Morgan fingerprint density at radius 1 is 1.07 bits per heavy atom.